The van der Waals surface area contributed by atoms with Crippen LogP contribution in [0.1, 0.15) is 22.3 Å². The number of aryl methyl sites for hydroxylation is 1. The summed E-state index contributed by atoms with van der Waals surface area (Å²) in [4.78, 5) is 23.0. The Morgan fingerprint density at radius 1 is 1.03 bits per heavy atom. The van der Waals surface area contributed by atoms with E-state index in [2.05, 4.69) is 21.9 Å². The van der Waals surface area contributed by atoms with E-state index in [1.54, 1.807) is 17.7 Å². The zero-order valence-electron chi connectivity index (χ0n) is 21.6. The first-order valence-electron chi connectivity index (χ1n) is 12.8. The SMILES string of the molecule is COCc1c(C)cc2n(c1=O)Cc1c-2nc2cc(F)c(N)cc2c1CN1CCN(c2ccc(N)cc2)CC1. The van der Waals surface area contributed by atoms with E-state index in [1.165, 1.54) is 6.07 Å². The molecule has 0 radical (unpaired) electrons. The van der Waals surface area contributed by atoms with E-state index in [1.807, 2.05) is 25.1 Å². The Morgan fingerprint density at radius 3 is 2.47 bits per heavy atom. The first-order valence-corrected chi connectivity index (χ1v) is 12.8. The van der Waals surface area contributed by atoms with Crippen molar-refractivity contribution in [1.29, 1.82) is 0 Å². The number of nitrogens with two attached hydrogens (primary N) is 2. The van der Waals surface area contributed by atoms with Gasteiger partial charge in [0, 0.05) is 73.8 Å². The first kappa shape index (κ1) is 24.4. The number of aromatic nitrogens is 2. The lowest BCUT2D eigenvalue weighted by Crippen LogP contribution is -2.46. The van der Waals surface area contributed by atoms with Crippen LogP contribution in [0.5, 0.6) is 0 Å². The highest BCUT2D eigenvalue weighted by Crippen LogP contribution is 2.38. The van der Waals surface area contributed by atoms with Gasteiger partial charge in [-0.3, -0.25) is 9.69 Å². The second-order valence-corrected chi connectivity index (χ2v) is 10.2. The third kappa shape index (κ3) is 4.08. The summed E-state index contributed by atoms with van der Waals surface area (Å²) in [5.41, 5.74) is 19.4. The van der Waals surface area contributed by atoms with Crippen molar-refractivity contribution >= 4 is 28.0 Å². The van der Waals surface area contributed by atoms with Crippen LogP contribution in [0, 0.1) is 12.7 Å². The molecule has 2 aliphatic heterocycles. The smallest absolute Gasteiger partial charge is 0.257 e. The van der Waals surface area contributed by atoms with Crippen LogP contribution in [-0.4, -0.2) is 47.7 Å². The van der Waals surface area contributed by atoms with Gasteiger partial charge >= 0.3 is 0 Å². The van der Waals surface area contributed by atoms with E-state index in [9.17, 15) is 9.18 Å². The van der Waals surface area contributed by atoms with Crippen molar-refractivity contribution in [3.8, 4) is 11.4 Å². The maximum absolute atomic E-state index is 14.5. The molecule has 2 aromatic carbocycles. The Balaban J connectivity index is 1.38. The van der Waals surface area contributed by atoms with Crippen molar-refractivity contribution in [3.05, 3.63) is 80.9 Å². The fourth-order valence-corrected chi connectivity index (χ4v) is 5.69. The molecule has 0 saturated carbocycles. The number of fused-ring (bicyclic) bond motifs is 4. The molecule has 0 unspecified atom stereocenters. The molecule has 6 rings (SSSR count). The number of ether oxygens (including phenoxy) is 1. The summed E-state index contributed by atoms with van der Waals surface area (Å²) in [6.07, 6.45) is 0. The number of benzene rings is 2. The normalized spacial score (nSPS) is 15.2. The molecule has 1 fully saturated rings. The Hall–Kier alpha value is -3.95. The minimum absolute atomic E-state index is 0.0716. The minimum atomic E-state index is -0.491. The monoisotopic (exact) mass is 514 g/mol. The Morgan fingerprint density at radius 2 is 1.76 bits per heavy atom. The maximum atomic E-state index is 14.5. The highest BCUT2D eigenvalue weighted by molar-refractivity contribution is 5.90. The van der Waals surface area contributed by atoms with Crippen LogP contribution < -0.4 is 21.9 Å². The molecule has 196 valence electrons. The molecule has 0 amide bonds. The van der Waals surface area contributed by atoms with Gasteiger partial charge < -0.3 is 25.7 Å². The predicted octanol–water partition coefficient (Wildman–Crippen LogP) is 3.51. The molecule has 0 spiro atoms. The highest BCUT2D eigenvalue weighted by atomic mass is 19.1. The summed E-state index contributed by atoms with van der Waals surface area (Å²) in [6.45, 7) is 6.74. The van der Waals surface area contributed by atoms with E-state index < -0.39 is 5.82 Å². The molecule has 4 aromatic rings. The van der Waals surface area contributed by atoms with E-state index in [0.29, 0.717) is 24.2 Å². The van der Waals surface area contributed by atoms with Gasteiger partial charge in [0.2, 0.25) is 0 Å². The highest BCUT2D eigenvalue weighted by Gasteiger charge is 2.29. The average Bonchev–Trinajstić information content (AvgIpc) is 3.27. The lowest BCUT2D eigenvalue weighted by molar-refractivity contribution is 0.183. The quantitative estimate of drug-likeness (QED) is 0.346. The lowest BCUT2D eigenvalue weighted by atomic mass is 9.99. The molecule has 2 aliphatic rings. The second-order valence-electron chi connectivity index (χ2n) is 10.2. The van der Waals surface area contributed by atoms with Gasteiger partial charge in [0.25, 0.3) is 5.56 Å². The number of piperazine rings is 1. The largest absolute Gasteiger partial charge is 0.399 e. The lowest BCUT2D eigenvalue weighted by Gasteiger charge is -2.36. The average molecular weight is 515 g/mol. The van der Waals surface area contributed by atoms with Crippen molar-refractivity contribution in [3.63, 3.8) is 0 Å². The van der Waals surface area contributed by atoms with Gasteiger partial charge in [-0.15, -0.1) is 0 Å². The molecule has 0 atom stereocenters. The molecule has 0 aliphatic carbocycles. The van der Waals surface area contributed by atoms with Crippen molar-refractivity contribution in [2.75, 3.05) is 49.7 Å². The molecule has 38 heavy (non-hydrogen) atoms. The number of halogens is 1. The van der Waals surface area contributed by atoms with Gasteiger partial charge in [0.05, 0.1) is 35.7 Å². The van der Waals surface area contributed by atoms with Gasteiger partial charge in [-0.05, 0) is 54.4 Å². The zero-order chi connectivity index (χ0) is 26.6. The Bertz CT molecular complexity index is 1610. The van der Waals surface area contributed by atoms with Crippen molar-refractivity contribution in [1.82, 2.24) is 14.5 Å². The number of rotatable bonds is 5. The van der Waals surface area contributed by atoms with Crippen LogP contribution in [0.4, 0.5) is 21.5 Å². The number of pyridine rings is 2. The molecule has 8 nitrogen and oxygen atoms in total. The van der Waals surface area contributed by atoms with Crippen molar-refractivity contribution in [2.24, 2.45) is 0 Å². The summed E-state index contributed by atoms with van der Waals surface area (Å²) in [7, 11) is 1.59. The number of nitrogens with zero attached hydrogens (tertiary/aromatic N) is 4. The van der Waals surface area contributed by atoms with Gasteiger partial charge in [-0.25, -0.2) is 9.37 Å². The fourth-order valence-electron chi connectivity index (χ4n) is 5.69. The molecule has 2 aromatic heterocycles. The number of hydrogen-bond donors (Lipinski definition) is 2. The number of nitrogen functional groups attached to an aromatic ring is 2. The van der Waals surface area contributed by atoms with Crippen LogP contribution in [0.25, 0.3) is 22.3 Å². The Kier molecular flexibility index (Phi) is 6.04. The van der Waals surface area contributed by atoms with Gasteiger partial charge in [-0.2, -0.15) is 0 Å². The third-order valence-corrected chi connectivity index (χ3v) is 7.81. The van der Waals surface area contributed by atoms with Gasteiger partial charge in [0.1, 0.15) is 5.82 Å². The number of hydrogen-bond acceptors (Lipinski definition) is 7. The van der Waals surface area contributed by atoms with E-state index in [-0.39, 0.29) is 17.9 Å². The van der Waals surface area contributed by atoms with E-state index in [4.69, 9.17) is 21.2 Å². The molecular weight excluding hydrogens is 483 g/mol. The summed E-state index contributed by atoms with van der Waals surface area (Å²) in [5, 5.41) is 0.832. The summed E-state index contributed by atoms with van der Waals surface area (Å²) in [6, 6.07) is 13.0. The fraction of sp³-hybridized carbons (Fsp3) is 0.310. The molecule has 9 heteroatoms. The van der Waals surface area contributed by atoms with Crippen LogP contribution in [-0.2, 0) is 24.4 Å². The summed E-state index contributed by atoms with van der Waals surface area (Å²) in [5.74, 6) is -0.491. The van der Waals surface area contributed by atoms with Gasteiger partial charge in [-0.1, -0.05) is 0 Å². The van der Waals surface area contributed by atoms with Crippen LogP contribution in [0.15, 0.2) is 47.3 Å². The topological polar surface area (TPSA) is 103 Å². The Labute approximate surface area is 220 Å². The molecule has 4 heterocycles. The number of anilines is 3. The second kappa shape index (κ2) is 9.41. The third-order valence-electron chi connectivity index (χ3n) is 7.81. The van der Waals surface area contributed by atoms with Crippen LogP contribution >= 0.6 is 0 Å². The number of methoxy groups -OCH3 is 1. The zero-order valence-corrected chi connectivity index (χ0v) is 21.6. The van der Waals surface area contributed by atoms with Crippen LogP contribution in [0.3, 0.4) is 0 Å². The molecule has 1 saturated heterocycles. The van der Waals surface area contributed by atoms with Crippen LogP contribution in [0.2, 0.25) is 0 Å². The predicted molar refractivity (Wildman–Crippen MR) is 149 cm³/mol. The van der Waals surface area contributed by atoms with E-state index >= 15 is 0 Å². The first-order chi connectivity index (χ1) is 18.3. The molecule has 0 bridgehead atoms. The molecule has 4 N–H and O–H groups in total. The van der Waals surface area contributed by atoms with Crippen molar-refractivity contribution < 1.29 is 9.13 Å². The maximum Gasteiger partial charge on any atom is 0.257 e. The van der Waals surface area contributed by atoms with Crippen molar-refractivity contribution in [2.45, 2.75) is 26.6 Å². The van der Waals surface area contributed by atoms with Gasteiger partial charge in [0.15, 0.2) is 0 Å². The standard InChI is InChI=1S/C29H31FN6O2/c1-17-11-27-28-22(15-36(27)29(37)23(17)16-38-2)21(20-12-25(32)24(30)13-26(20)33-28)14-34-7-9-35(10-8-34)19-5-3-18(31)4-6-19/h3-6,11-13H,7-10,14-16,31-32H2,1-2H3. The minimum Gasteiger partial charge on any atom is -0.399 e. The summed E-state index contributed by atoms with van der Waals surface area (Å²) < 4.78 is 21.6. The molecular formula is C29H31FN6O2. The summed E-state index contributed by atoms with van der Waals surface area (Å²) >= 11 is 0. The van der Waals surface area contributed by atoms with E-state index in [0.717, 1.165) is 71.0 Å².